The third-order valence-electron chi connectivity index (χ3n) is 5.80. The fraction of sp³-hybridized carbons (Fsp3) is 0.233. The monoisotopic (exact) mass is 598 g/mol. The number of carboxylic acids is 1. The molecule has 1 atom stereocenters. The predicted molar refractivity (Wildman–Crippen MR) is 155 cm³/mol. The van der Waals surface area contributed by atoms with Crippen LogP contribution in [0.15, 0.2) is 60.8 Å². The molecule has 0 spiro atoms. The van der Waals surface area contributed by atoms with E-state index in [-0.39, 0.29) is 42.5 Å². The fourth-order valence-electron chi connectivity index (χ4n) is 3.72. The van der Waals surface area contributed by atoms with Gasteiger partial charge in [0.25, 0.3) is 6.47 Å². The SMILES string of the molecule is CNc1cc(C)ccc1F.O=CO.O=Cc1ccc(F)c(Oc2ccnc(C3=CC(C(=O)NCCCC(=O)O)CN3)c2)c1. The van der Waals surface area contributed by atoms with E-state index >= 15 is 0 Å². The number of aliphatic carboxylic acids is 1. The molecule has 228 valence electrons. The van der Waals surface area contributed by atoms with Gasteiger partial charge < -0.3 is 30.9 Å². The van der Waals surface area contributed by atoms with Crippen LogP contribution in [-0.4, -0.2) is 60.0 Å². The van der Waals surface area contributed by atoms with E-state index in [1.165, 1.54) is 24.4 Å². The van der Waals surface area contributed by atoms with Gasteiger partial charge in [-0.2, -0.15) is 0 Å². The zero-order chi connectivity index (χ0) is 31.8. The Hall–Kier alpha value is -5.33. The Bertz CT molecular complexity index is 1450. The van der Waals surface area contributed by atoms with Gasteiger partial charge in [-0.1, -0.05) is 6.07 Å². The molecule has 11 nitrogen and oxygen atoms in total. The van der Waals surface area contributed by atoms with Gasteiger partial charge in [0.05, 0.1) is 23.0 Å². The molecular formula is C30H32F2N4O7. The van der Waals surface area contributed by atoms with E-state index < -0.39 is 17.7 Å². The van der Waals surface area contributed by atoms with Gasteiger partial charge in [-0.15, -0.1) is 0 Å². The standard InChI is InChI=1S/C21H20FN3O5.C8H10FN.CH2O2/c22-16-4-3-13(12-26)8-19(16)30-15-5-7-23-18(10-15)17-9-14(11-25-17)21(29)24-6-1-2-20(27)28;1-6-3-4-7(9)8(5-6)10-2;2-1-3/h3-5,7-10,12,14,25H,1-2,6,11H2,(H,24,29)(H,27,28);3-5,10H,1-2H3;1H,(H,2,3). The van der Waals surface area contributed by atoms with Crippen molar-refractivity contribution in [3.8, 4) is 11.5 Å². The summed E-state index contributed by atoms with van der Waals surface area (Å²) in [5.74, 6) is -2.08. The molecule has 0 saturated heterocycles. The van der Waals surface area contributed by atoms with Crippen molar-refractivity contribution in [3.63, 3.8) is 0 Å². The summed E-state index contributed by atoms with van der Waals surface area (Å²) in [5.41, 5.74) is 3.05. The third kappa shape index (κ3) is 11.2. The number of anilines is 1. The van der Waals surface area contributed by atoms with Crippen molar-refractivity contribution in [1.82, 2.24) is 15.6 Å². The number of hydrogen-bond donors (Lipinski definition) is 5. The van der Waals surface area contributed by atoms with E-state index in [1.54, 1.807) is 37.4 Å². The molecule has 2 heterocycles. The lowest BCUT2D eigenvalue weighted by molar-refractivity contribution is -0.137. The number of carboxylic acid groups (broad SMARTS) is 2. The van der Waals surface area contributed by atoms with Crippen molar-refractivity contribution in [3.05, 3.63) is 89.3 Å². The number of carbonyl (C=O) groups is 4. The van der Waals surface area contributed by atoms with E-state index in [0.717, 1.165) is 11.6 Å². The van der Waals surface area contributed by atoms with Crippen molar-refractivity contribution in [1.29, 1.82) is 0 Å². The molecule has 43 heavy (non-hydrogen) atoms. The van der Waals surface area contributed by atoms with Crippen LogP contribution in [0.25, 0.3) is 5.70 Å². The minimum absolute atomic E-state index is 0.00263. The van der Waals surface area contributed by atoms with E-state index in [4.69, 9.17) is 19.7 Å². The topological polar surface area (TPSA) is 167 Å². The van der Waals surface area contributed by atoms with Crippen LogP contribution in [0.4, 0.5) is 14.5 Å². The highest BCUT2D eigenvalue weighted by Gasteiger charge is 2.23. The number of amides is 1. The summed E-state index contributed by atoms with van der Waals surface area (Å²) in [6, 6.07) is 11.9. The predicted octanol–water partition coefficient (Wildman–Crippen LogP) is 4.24. The molecule has 1 aliphatic rings. The van der Waals surface area contributed by atoms with Crippen LogP contribution in [0.5, 0.6) is 11.5 Å². The lowest BCUT2D eigenvalue weighted by atomic mass is 10.1. The minimum Gasteiger partial charge on any atom is -0.483 e. The Kier molecular flexibility index (Phi) is 13.8. The number of halogens is 2. The Morgan fingerprint density at radius 2 is 1.84 bits per heavy atom. The first-order valence-corrected chi connectivity index (χ1v) is 13.0. The second-order valence-corrected chi connectivity index (χ2v) is 8.98. The second-order valence-electron chi connectivity index (χ2n) is 8.98. The summed E-state index contributed by atoms with van der Waals surface area (Å²) in [6.07, 6.45) is 4.18. The fourth-order valence-corrected chi connectivity index (χ4v) is 3.72. The van der Waals surface area contributed by atoms with Gasteiger partial charge in [-0.05, 0) is 61.4 Å². The number of benzene rings is 2. The van der Waals surface area contributed by atoms with E-state index in [1.807, 2.05) is 6.92 Å². The Morgan fingerprint density at radius 3 is 2.49 bits per heavy atom. The largest absolute Gasteiger partial charge is 0.483 e. The molecular weight excluding hydrogens is 566 g/mol. The van der Waals surface area contributed by atoms with Gasteiger partial charge in [-0.25, -0.2) is 8.78 Å². The number of carbonyl (C=O) groups excluding carboxylic acids is 2. The highest BCUT2D eigenvalue weighted by Crippen LogP contribution is 2.27. The van der Waals surface area contributed by atoms with Crippen LogP contribution in [0.3, 0.4) is 0 Å². The van der Waals surface area contributed by atoms with Crippen LogP contribution in [0.1, 0.15) is 34.5 Å². The van der Waals surface area contributed by atoms with Gasteiger partial charge in [0.2, 0.25) is 5.91 Å². The Morgan fingerprint density at radius 1 is 1.12 bits per heavy atom. The van der Waals surface area contributed by atoms with Gasteiger partial charge in [0.1, 0.15) is 17.9 Å². The summed E-state index contributed by atoms with van der Waals surface area (Å²) in [6.45, 7) is 2.35. The molecule has 0 saturated carbocycles. The number of nitrogens with one attached hydrogen (secondary N) is 3. The van der Waals surface area contributed by atoms with Crippen LogP contribution >= 0.6 is 0 Å². The first-order valence-electron chi connectivity index (χ1n) is 13.0. The molecule has 0 radical (unpaired) electrons. The first-order chi connectivity index (χ1) is 20.6. The molecule has 1 amide bonds. The van der Waals surface area contributed by atoms with Crippen molar-refractivity contribution >= 4 is 36.0 Å². The molecule has 1 unspecified atom stereocenters. The Balaban J connectivity index is 0.000000413. The molecule has 0 aliphatic carbocycles. The molecule has 4 rings (SSSR count). The molecule has 1 aliphatic heterocycles. The van der Waals surface area contributed by atoms with Crippen molar-refractivity contribution < 1.29 is 42.9 Å². The number of hydrogen-bond acceptors (Lipinski definition) is 8. The lowest BCUT2D eigenvalue weighted by Crippen LogP contribution is -2.32. The van der Waals surface area contributed by atoms with E-state index in [2.05, 4.69) is 20.9 Å². The zero-order valence-electron chi connectivity index (χ0n) is 23.5. The molecule has 5 N–H and O–H groups in total. The normalized spacial score (nSPS) is 13.0. The van der Waals surface area contributed by atoms with Gasteiger partial charge in [0, 0.05) is 44.4 Å². The van der Waals surface area contributed by atoms with Gasteiger partial charge >= 0.3 is 5.97 Å². The second kappa shape index (κ2) is 17.5. The number of rotatable bonds is 10. The summed E-state index contributed by atoms with van der Waals surface area (Å²) >= 11 is 0. The average Bonchev–Trinajstić information content (AvgIpc) is 3.49. The number of pyridine rings is 1. The van der Waals surface area contributed by atoms with Crippen molar-refractivity contribution in [2.45, 2.75) is 19.8 Å². The van der Waals surface area contributed by atoms with Crippen molar-refractivity contribution in [2.24, 2.45) is 5.92 Å². The zero-order valence-corrected chi connectivity index (χ0v) is 23.5. The van der Waals surface area contributed by atoms with E-state index in [0.29, 0.717) is 42.1 Å². The molecule has 0 fully saturated rings. The van der Waals surface area contributed by atoms with Crippen LogP contribution < -0.4 is 20.7 Å². The smallest absolute Gasteiger partial charge is 0.303 e. The number of aryl methyl sites for hydroxylation is 1. The summed E-state index contributed by atoms with van der Waals surface area (Å²) in [4.78, 5) is 46.2. The summed E-state index contributed by atoms with van der Waals surface area (Å²) < 4.78 is 32.2. The maximum atomic E-state index is 13.9. The minimum atomic E-state index is -0.903. The van der Waals surface area contributed by atoms with Crippen LogP contribution in [0, 0.1) is 24.5 Å². The van der Waals surface area contributed by atoms with Crippen LogP contribution in [0.2, 0.25) is 0 Å². The Labute approximate surface area is 246 Å². The quantitative estimate of drug-likeness (QED) is 0.168. The number of ether oxygens (including phenoxy) is 1. The highest BCUT2D eigenvalue weighted by atomic mass is 19.1. The van der Waals surface area contributed by atoms with Crippen LogP contribution in [-0.2, 0) is 14.4 Å². The van der Waals surface area contributed by atoms with Gasteiger partial charge in [-0.3, -0.25) is 24.2 Å². The molecule has 1 aromatic heterocycles. The maximum absolute atomic E-state index is 13.9. The molecule has 13 heteroatoms. The number of aromatic nitrogens is 1. The van der Waals surface area contributed by atoms with E-state index in [9.17, 15) is 23.2 Å². The third-order valence-corrected chi connectivity index (χ3v) is 5.80. The molecule has 3 aromatic rings. The summed E-state index contributed by atoms with van der Waals surface area (Å²) in [7, 11) is 1.71. The number of nitrogens with zero attached hydrogens (tertiary/aromatic N) is 1. The maximum Gasteiger partial charge on any atom is 0.303 e. The average molecular weight is 599 g/mol. The highest BCUT2D eigenvalue weighted by molar-refractivity contribution is 5.84. The van der Waals surface area contributed by atoms with Gasteiger partial charge in [0.15, 0.2) is 11.6 Å². The molecule has 0 bridgehead atoms. The van der Waals surface area contributed by atoms with Crippen molar-refractivity contribution in [2.75, 3.05) is 25.5 Å². The lowest BCUT2D eigenvalue weighted by Gasteiger charge is -2.09. The number of aldehydes is 1. The molecule has 2 aromatic carbocycles. The summed E-state index contributed by atoms with van der Waals surface area (Å²) in [5, 5.41) is 24.1. The first kappa shape index (κ1) is 33.9.